The molecular weight excluding hydrogens is 158 g/mol. The zero-order valence-corrected chi connectivity index (χ0v) is 8.33. The molecule has 0 aromatic heterocycles. The zero-order valence-electron chi connectivity index (χ0n) is 7.52. The van der Waals surface area contributed by atoms with Crippen molar-refractivity contribution in [1.29, 1.82) is 0 Å². The molecule has 0 aliphatic heterocycles. The molecule has 0 heterocycles. The van der Waals surface area contributed by atoms with Gasteiger partial charge in [0.2, 0.25) is 5.91 Å². The van der Waals surface area contributed by atoms with Crippen LogP contribution in [0.25, 0.3) is 0 Å². The molecule has 66 valence electrons. The van der Waals surface area contributed by atoms with E-state index in [1.165, 1.54) is 0 Å². The summed E-state index contributed by atoms with van der Waals surface area (Å²) in [5.41, 5.74) is 0. The molecule has 0 spiro atoms. The quantitative estimate of drug-likeness (QED) is 0.688. The smallest absolute Gasteiger partial charge is 0.220 e. The van der Waals surface area contributed by atoms with Crippen LogP contribution in [0.1, 0.15) is 27.2 Å². The summed E-state index contributed by atoms with van der Waals surface area (Å²) in [6, 6.07) is 0. The average Bonchev–Trinajstić information content (AvgIpc) is 1.87. The summed E-state index contributed by atoms with van der Waals surface area (Å²) in [6.07, 6.45) is 0.649. The number of nitrogens with one attached hydrogen (secondary N) is 1. The lowest BCUT2D eigenvalue weighted by atomic mass is 10.4. The van der Waals surface area contributed by atoms with Gasteiger partial charge in [-0.3, -0.25) is 4.79 Å². The van der Waals surface area contributed by atoms with Crippen LogP contribution in [-0.4, -0.2) is 23.5 Å². The van der Waals surface area contributed by atoms with Crippen LogP contribution in [-0.2, 0) is 4.79 Å². The summed E-state index contributed by atoms with van der Waals surface area (Å²) in [4.78, 5) is 10.9. The number of carbonyl (C=O) groups is 1. The van der Waals surface area contributed by atoms with Crippen molar-refractivity contribution in [3.8, 4) is 0 Å². The van der Waals surface area contributed by atoms with Gasteiger partial charge in [0, 0.05) is 18.7 Å². The Bertz CT molecular complexity index is 115. The van der Waals surface area contributed by atoms with Crippen LogP contribution in [0.15, 0.2) is 0 Å². The SMILES string of the molecule is CCNC(=O)CCSC(C)C. The maximum atomic E-state index is 10.9. The van der Waals surface area contributed by atoms with Crippen LogP contribution in [0, 0.1) is 0 Å². The van der Waals surface area contributed by atoms with Crippen LogP contribution >= 0.6 is 11.8 Å². The third-order valence-corrected chi connectivity index (χ3v) is 2.26. The number of amides is 1. The first kappa shape index (κ1) is 10.8. The predicted molar refractivity (Wildman–Crippen MR) is 50.9 cm³/mol. The monoisotopic (exact) mass is 175 g/mol. The lowest BCUT2D eigenvalue weighted by molar-refractivity contribution is -0.120. The van der Waals surface area contributed by atoms with Crippen LogP contribution in [0.2, 0.25) is 0 Å². The van der Waals surface area contributed by atoms with E-state index in [4.69, 9.17) is 0 Å². The Morgan fingerprint density at radius 1 is 1.55 bits per heavy atom. The van der Waals surface area contributed by atoms with E-state index < -0.39 is 0 Å². The lowest BCUT2D eigenvalue weighted by Gasteiger charge is -2.03. The van der Waals surface area contributed by atoms with E-state index in [0.29, 0.717) is 11.7 Å². The van der Waals surface area contributed by atoms with Gasteiger partial charge in [0.25, 0.3) is 0 Å². The van der Waals surface area contributed by atoms with Gasteiger partial charge < -0.3 is 5.32 Å². The molecule has 0 unspecified atom stereocenters. The molecular formula is C8H17NOS. The second kappa shape index (κ2) is 6.53. The van der Waals surface area contributed by atoms with Crippen molar-refractivity contribution in [2.75, 3.05) is 12.3 Å². The molecule has 2 nitrogen and oxygen atoms in total. The molecule has 3 heteroatoms. The lowest BCUT2D eigenvalue weighted by Crippen LogP contribution is -2.22. The Kier molecular flexibility index (Phi) is 6.42. The standard InChI is InChI=1S/C8H17NOS/c1-4-9-8(10)5-6-11-7(2)3/h7H,4-6H2,1-3H3,(H,9,10). The summed E-state index contributed by atoms with van der Waals surface area (Å²) < 4.78 is 0. The maximum Gasteiger partial charge on any atom is 0.220 e. The minimum Gasteiger partial charge on any atom is -0.356 e. The van der Waals surface area contributed by atoms with Crippen LogP contribution in [0.5, 0.6) is 0 Å². The first-order chi connectivity index (χ1) is 5.16. The van der Waals surface area contributed by atoms with Gasteiger partial charge >= 0.3 is 0 Å². The Morgan fingerprint density at radius 2 is 2.18 bits per heavy atom. The van der Waals surface area contributed by atoms with E-state index in [9.17, 15) is 4.79 Å². The number of thioether (sulfide) groups is 1. The Labute approximate surface area is 73.1 Å². The Balaban J connectivity index is 3.17. The third-order valence-electron chi connectivity index (χ3n) is 1.15. The van der Waals surface area contributed by atoms with Crippen molar-refractivity contribution in [3.05, 3.63) is 0 Å². The van der Waals surface area contributed by atoms with E-state index >= 15 is 0 Å². The molecule has 0 aliphatic rings. The fourth-order valence-electron chi connectivity index (χ4n) is 0.673. The van der Waals surface area contributed by atoms with Crippen molar-refractivity contribution < 1.29 is 4.79 Å². The highest BCUT2D eigenvalue weighted by Crippen LogP contribution is 2.09. The topological polar surface area (TPSA) is 29.1 Å². The molecule has 0 aromatic carbocycles. The molecule has 0 bridgehead atoms. The van der Waals surface area contributed by atoms with Gasteiger partial charge in [0.15, 0.2) is 0 Å². The fourth-order valence-corrected chi connectivity index (χ4v) is 1.45. The molecule has 0 saturated heterocycles. The molecule has 0 aliphatic carbocycles. The molecule has 0 fully saturated rings. The summed E-state index contributed by atoms with van der Waals surface area (Å²) in [6.45, 7) is 6.96. The Morgan fingerprint density at radius 3 is 2.64 bits per heavy atom. The van der Waals surface area contributed by atoms with Crippen LogP contribution < -0.4 is 5.32 Å². The number of rotatable bonds is 5. The zero-order chi connectivity index (χ0) is 8.69. The summed E-state index contributed by atoms with van der Waals surface area (Å²) in [5, 5.41) is 3.40. The molecule has 0 atom stereocenters. The number of carbonyl (C=O) groups excluding carboxylic acids is 1. The highest BCUT2D eigenvalue weighted by molar-refractivity contribution is 7.99. The molecule has 11 heavy (non-hydrogen) atoms. The highest BCUT2D eigenvalue weighted by Gasteiger charge is 1.99. The van der Waals surface area contributed by atoms with Crippen molar-refractivity contribution >= 4 is 17.7 Å². The van der Waals surface area contributed by atoms with E-state index in [1.807, 2.05) is 18.7 Å². The van der Waals surface area contributed by atoms with Gasteiger partial charge in [-0.15, -0.1) is 0 Å². The summed E-state index contributed by atoms with van der Waals surface area (Å²) >= 11 is 1.82. The van der Waals surface area contributed by atoms with Crippen molar-refractivity contribution in [2.24, 2.45) is 0 Å². The number of hydrogen-bond donors (Lipinski definition) is 1. The van der Waals surface area contributed by atoms with Gasteiger partial charge in [0.05, 0.1) is 0 Å². The minimum absolute atomic E-state index is 0.167. The van der Waals surface area contributed by atoms with Crippen LogP contribution in [0.4, 0.5) is 0 Å². The van der Waals surface area contributed by atoms with Crippen molar-refractivity contribution in [3.63, 3.8) is 0 Å². The molecule has 1 N–H and O–H groups in total. The molecule has 0 radical (unpaired) electrons. The first-order valence-corrected chi connectivity index (χ1v) is 5.10. The van der Waals surface area contributed by atoms with E-state index in [0.717, 1.165) is 12.3 Å². The second-order valence-electron chi connectivity index (χ2n) is 2.62. The highest BCUT2D eigenvalue weighted by atomic mass is 32.2. The average molecular weight is 175 g/mol. The normalized spacial score (nSPS) is 10.2. The summed E-state index contributed by atoms with van der Waals surface area (Å²) in [5.74, 6) is 1.10. The second-order valence-corrected chi connectivity index (χ2v) is 4.31. The van der Waals surface area contributed by atoms with Crippen LogP contribution in [0.3, 0.4) is 0 Å². The largest absolute Gasteiger partial charge is 0.356 e. The van der Waals surface area contributed by atoms with E-state index in [2.05, 4.69) is 19.2 Å². The van der Waals surface area contributed by atoms with Gasteiger partial charge in [-0.2, -0.15) is 11.8 Å². The van der Waals surface area contributed by atoms with Gasteiger partial charge in [-0.05, 0) is 12.2 Å². The van der Waals surface area contributed by atoms with Gasteiger partial charge in [0.1, 0.15) is 0 Å². The molecule has 0 aromatic rings. The Hall–Kier alpha value is -0.180. The molecule has 1 amide bonds. The summed E-state index contributed by atoms with van der Waals surface area (Å²) in [7, 11) is 0. The van der Waals surface area contributed by atoms with Gasteiger partial charge in [-0.1, -0.05) is 13.8 Å². The van der Waals surface area contributed by atoms with Crippen molar-refractivity contribution in [2.45, 2.75) is 32.4 Å². The maximum absolute atomic E-state index is 10.9. The van der Waals surface area contributed by atoms with E-state index in [-0.39, 0.29) is 5.91 Å². The molecule has 0 saturated carbocycles. The predicted octanol–water partition coefficient (Wildman–Crippen LogP) is 1.65. The fraction of sp³-hybridized carbons (Fsp3) is 0.875. The minimum atomic E-state index is 0.167. The van der Waals surface area contributed by atoms with Crippen molar-refractivity contribution in [1.82, 2.24) is 5.32 Å². The van der Waals surface area contributed by atoms with Gasteiger partial charge in [-0.25, -0.2) is 0 Å². The first-order valence-electron chi connectivity index (χ1n) is 4.05. The third kappa shape index (κ3) is 7.72. The molecule has 0 rings (SSSR count). The number of hydrogen-bond acceptors (Lipinski definition) is 2. The van der Waals surface area contributed by atoms with E-state index in [1.54, 1.807) is 0 Å².